The van der Waals surface area contributed by atoms with Crippen molar-refractivity contribution < 1.29 is 9.90 Å². The minimum Gasteiger partial charge on any atom is -0.478 e. The lowest BCUT2D eigenvalue weighted by molar-refractivity contribution is 0.0699. The molecule has 4 heteroatoms. The maximum Gasteiger partial charge on any atom is 0.336 e. The Bertz CT molecular complexity index is 600. The van der Waals surface area contributed by atoms with Crippen molar-refractivity contribution in [2.24, 2.45) is 0 Å². The Morgan fingerprint density at radius 3 is 2.56 bits per heavy atom. The third kappa shape index (κ3) is 2.42. The molecular formula is C14H16N2O2. The predicted molar refractivity (Wildman–Crippen MR) is 72.1 cm³/mol. The van der Waals surface area contributed by atoms with Gasteiger partial charge in [0, 0.05) is 22.5 Å². The molecule has 18 heavy (non-hydrogen) atoms. The molecule has 0 atom stereocenters. The Kier molecular flexibility index (Phi) is 2.95. The highest BCUT2D eigenvalue weighted by atomic mass is 16.4. The minimum atomic E-state index is -0.923. The van der Waals surface area contributed by atoms with Crippen LogP contribution in [0.25, 0.3) is 10.8 Å². The van der Waals surface area contributed by atoms with Crippen molar-refractivity contribution in [2.75, 3.05) is 5.32 Å². The molecule has 0 amide bonds. The molecule has 0 fully saturated rings. The van der Waals surface area contributed by atoms with Crippen molar-refractivity contribution in [3.05, 3.63) is 36.0 Å². The summed E-state index contributed by atoms with van der Waals surface area (Å²) in [5.41, 5.74) is 0.174. The van der Waals surface area contributed by atoms with Crippen LogP contribution in [0.4, 0.5) is 5.82 Å². The van der Waals surface area contributed by atoms with Crippen molar-refractivity contribution in [1.82, 2.24) is 4.98 Å². The number of carboxylic acid groups (broad SMARTS) is 1. The van der Waals surface area contributed by atoms with Gasteiger partial charge in [0.15, 0.2) is 0 Å². The Morgan fingerprint density at radius 1 is 1.22 bits per heavy atom. The summed E-state index contributed by atoms with van der Waals surface area (Å²) in [6.07, 6.45) is 1.63. The van der Waals surface area contributed by atoms with Crippen LogP contribution in [0.2, 0.25) is 0 Å². The number of hydrogen-bond acceptors (Lipinski definition) is 3. The average molecular weight is 244 g/mol. The summed E-state index contributed by atoms with van der Waals surface area (Å²) in [6.45, 7) is 6.11. The van der Waals surface area contributed by atoms with Crippen LogP contribution >= 0.6 is 0 Å². The van der Waals surface area contributed by atoms with E-state index in [-0.39, 0.29) is 5.54 Å². The van der Waals surface area contributed by atoms with Crippen molar-refractivity contribution in [3.63, 3.8) is 0 Å². The molecule has 0 saturated heterocycles. The zero-order chi connectivity index (χ0) is 13.3. The van der Waals surface area contributed by atoms with E-state index in [1.54, 1.807) is 24.4 Å². The summed E-state index contributed by atoms with van der Waals surface area (Å²) in [5.74, 6) is -0.211. The standard InChI is InChI=1S/C14H16N2O2/c1-14(2,3)16-12-10-5-4-6-11(13(17)18)9(10)7-8-15-12/h4-8H,1-3H3,(H,15,16)(H,17,18). The molecular weight excluding hydrogens is 228 g/mol. The number of fused-ring (bicyclic) bond motifs is 1. The SMILES string of the molecule is CC(C)(C)Nc1nccc2c(C(=O)O)cccc12. The van der Waals surface area contributed by atoms with E-state index in [9.17, 15) is 4.79 Å². The quantitative estimate of drug-likeness (QED) is 0.851. The van der Waals surface area contributed by atoms with Gasteiger partial charge in [0.2, 0.25) is 0 Å². The first kappa shape index (κ1) is 12.4. The number of nitrogens with one attached hydrogen (secondary N) is 1. The second kappa shape index (κ2) is 4.29. The van der Waals surface area contributed by atoms with Gasteiger partial charge in [0.25, 0.3) is 0 Å². The van der Waals surface area contributed by atoms with E-state index < -0.39 is 5.97 Å². The predicted octanol–water partition coefficient (Wildman–Crippen LogP) is 3.14. The van der Waals surface area contributed by atoms with Gasteiger partial charge in [-0.1, -0.05) is 12.1 Å². The minimum absolute atomic E-state index is 0.124. The maximum atomic E-state index is 11.2. The van der Waals surface area contributed by atoms with Gasteiger partial charge < -0.3 is 10.4 Å². The van der Waals surface area contributed by atoms with E-state index >= 15 is 0 Å². The Hall–Kier alpha value is -2.10. The lowest BCUT2D eigenvalue weighted by atomic mass is 10.0. The topological polar surface area (TPSA) is 62.2 Å². The Labute approximate surface area is 106 Å². The second-order valence-corrected chi connectivity index (χ2v) is 5.24. The van der Waals surface area contributed by atoms with Crippen LogP contribution < -0.4 is 5.32 Å². The number of aromatic carboxylic acids is 1. The van der Waals surface area contributed by atoms with Crippen LogP contribution in [-0.4, -0.2) is 21.6 Å². The van der Waals surface area contributed by atoms with Gasteiger partial charge in [-0.25, -0.2) is 9.78 Å². The van der Waals surface area contributed by atoms with Crippen LogP contribution in [-0.2, 0) is 0 Å². The summed E-state index contributed by atoms with van der Waals surface area (Å²) in [7, 11) is 0. The molecule has 0 bridgehead atoms. The number of anilines is 1. The molecule has 0 radical (unpaired) electrons. The van der Waals surface area contributed by atoms with Gasteiger partial charge in [-0.15, -0.1) is 0 Å². The third-order valence-corrected chi connectivity index (χ3v) is 2.53. The zero-order valence-electron chi connectivity index (χ0n) is 10.7. The number of carbonyl (C=O) groups is 1. The summed E-state index contributed by atoms with van der Waals surface area (Å²) < 4.78 is 0. The molecule has 1 aromatic heterocycles. The number of rotatable bonds is 2. The van der Waals surface area contributed by atoms with Gasteiger partial charge in [-0.05, 0) is 32.9 Å². The van der Waals surface area contributed by atoms with E-state index in [4.69, 9.17) is 5.11 Å². The number of pyridine rings is 1. The molecule has 2 rings (SSSR count). The van der Waals surface area contributed by atoms with Crippen LogP contribution in [0.1, 0.15) is 31.1 Å². The van der Waals surface area contributed by atoms with Crippen molar-refractivity contribution in [3.8, 4) is 0 Å². The Balaban J connectivity index is 2.64. The van der Waals surface area contributed by atoms with Gasteiger partial charge >= 0.3 is 5.97 Å². The number of aromatic nitrogens is 1. The highest BCUT2D eigenvalue weighted by Gasteiger charge is 2.15. The number of carboxylic acids is 1. The van der Waals surface area contributed by atoms with E-state index in [1.807, 2.05) is 26.8 Å². The molecule has 0 aliphatic rings. The molecule has 0 spiro atoms. The van der Waals surface area contributed by atoms with E-state index in [0.717, 1.165) is 5.39 Å². The first-order chi connectivity index (χ1) is 8.38. The largest absolute Gasteiger partial charge is 0.478 e. The van der Waals surface area contributed by atoms with Gasteiger partial charge in [0.1, 0.15) is 5.82 Å². The van der Waals surface area contributed by atoms with E-state index in [0.29, 0.717) is 16.8 Å². The Morgan fingerprint density at radius 2 is 1.94 bits per heavy atom. The molecule has 1 aromatic carbocycles. The molecule has 1 heterocycles. The van der Waals surface area contributed by atoms with Crippen LogP contribution in [0.15, 0.2) is 30.5 Å². The molecule has 94 valence electrons. The van der Waals surface area contributed by atoms with E-state index in [1.165, 1.54) is 0 Å². The molecule has 2 N–H and O–H groups in total. The molecule has 0 saturated carbocycles. The lowest BCUT2D eigenvalue weighted by Gasteiger charge is -2.22. The molecule has 0 unspecified atom stereocenters. The fraction of sp³-hybridized carbons (Fsp3) is 0.286. The average Bonchev–Trinajstić information content (AvgIpc) is 2.26. The van der Waals surface area contributed by atoms with Gasteiger partial charge in [-0.3, -0.25) is 0 Å². The van der Waals surface area contributed by atoms with Crippen molar-refractivity contribution in [2.45, 2.75) is 26.3 Å². The number of benzene rings is 1. The second-order valence-electron chi connectivity index (χ2n) is 5.24. The summed E-state index contributed by atoms with van der Waals surface area (Å²) >= 11 is 0. The van der Waals surface area contributed by atoms with Crippen LogP contribution in [0.3, 0.4) is 0 Å². The monoisotopic (exact) mass is 244 g/mol. The van der Waals surface area contributed by atoms with Crippen LogP contribution in [0, 0.1) is 0 Å². The van der Waals surface area contributed by atoms with Gasteiger partial charge in [0.05, 0.1) is 5.56 Å². The third-order valence-electron chi connectivity index (χ3n) is 2.53. The first-order valence-corrected chi connectivity index (χ1v) is 5.78. The lowest BCUT2D eigenvalue weighted by Crippen LogP contribution is -2.26. The smallest absolute Gasteiger partial charge is 0.336 e. The summed E-state index contributed by atoms with van der Waals surface area (Å²) in [5, 5.41) is 14.0. The fourth-order valence-electron chi connectivity index (χ4n) is 1.85. The highest BCUT2D eigenvalue weighted by Crippen LogP contribution is 2.26. The highest BCUT2D eigenvalue weighted by molar-refractivity contribution is 6.06. The van der Waals surface area contributed by atoms with E-state index in [2.05, 4.69) is 10.3 Å². The fourth-order valence-corrected chi connectivity index (χ4v) is 1.85. The molecule has 0 aliphatic heterocycles. The van der Waals surface area contributed by atoms with Crippen LogP contribution in [0.5, 0.6) is 0 Å². The summed E-state index contributed by atoms with van der Waals surface area (Å²) in [6, 6.07) is 6.95. The number of nitrogens with zero attached hydrogens (tertiary/aromatic N) is 1. The molecule has 0 aliphatic carbocycles. The van der Waals surface area contributed by atoms with Crippen molar-refractivity contribution >= 4 is 22.6 Å². The zero-order valence-corrected chi connectivity index (χ0v) is 10.7. The maximum absolute atomic E-state index is 11.2. The van der Waals surface area contributed by atoms with Crippen molar-refractivity contribution in [1.29, 1.82) is 0 Å². The molecule has 4 nitrogen and oxygen atoms in total. The molecule has 2 aromatic rings. The normalized spacial score (nSPS) is 11.5. The number of hydrogen-bond donors (Lipinski definition) is 2. The van der Waals surface area contributed by atoms with Gasteiger partial charge in [-0.2, -0.15) is 0 Å². The summed E-state index contributed by atoms with van der Waals surface area (Å²) in [4.78, 5) is 15.5. The first-order valence-electron chi connectivity index (χ1n) is 5.78.